The largest absolute Gasteiger partial charge is 0.462 e. The van der Waals surface area contributed by atoms with Gasteiger partial charge in [-0.3, -0.25) is 0 Å². The maximum atomic E-state index is 11.5. The highest BCUT2D eigenvalue weighted by atomic mass is 16.5. The average molecular weight is 242 g/mol. The van der Waals surface area contributed by atoms with Crippen molar-refractivity contribution in [3.05, 3.63) is 0 Å². The maximum Gasteiger partial charge on any atom is 0.329 e. The summed E-state index contributed by atoms with van der Waals surface area (Å²) in [5.74, 6) is -0.351. The Morgan fingerprint density at radius 3 is 2.53 bits per heavy atom. The molecule has 7 heteroatoms. The van der Waals surface area contributed by atoms with E-state index in [9.17, 15) is 4.79 Å². The summed E-state index contributed by atoms with van der Waals surface area (Å²) in [6, 6.07) is 0. The first-order valence-electron chi connectivity index (χ1n) is 5.52. The fourth-order valence-corrected chi connectivity index (χ4v) is 1.14. The van der Waals surface area contributed by atoms with E-state index in [1.807, 2.05) is 6.92 Å². The lowest BCUT2D eigenvalue weighted by Crippen LogP contribution is -2.42. The van der Waals surface area contributed by atoms with Gasteiger partial charge in [0.05, 0.1) is 18.5 Å². The van der Waals surface area contributed by atoms with E-state index in [1.54, 1.807) is 13.8 Å². The lowest BCUT2D eigenvalue weighted by molar-refractivity contribution is -0.160. The first kappa shape index (κ1) is 13.4. The zero-order valence-electron chi connectivity index (χ0n) is 10.4. The molecule has 1 rings (SSSR count). The highest BCUT2D eigenvalue weighted by Gasteiger charge is 2.18. The summed E-state index contributed by atoms with van der Waals surface area (Å²) in [5.41, 5.74) is 0. The zero-order chi connectivity index (χ0) is 12.7. The molecule has 17 heavy (non-hydrogen) atoms. The Morgan fingerprint density at radius 2 is 1.94 bits per heavy atom. The van der Waals surface area contributed by atoms with Crippen LogP contribution >= 0.6 is 0 Å². The molecule has 0 amide bonds. The van der Waals surface area contributed by atoms with Crippen molar-refractivity contribution in [2.45, 2.75) is 26.9 Å². The van der Waals surface area contributed by atoms with E-state index in [4.69, 9.17) is 9.47 Å². The molecule has 0 radical (unpaired) electrons. The average Bonchev–Trinajstić information content (AvgIpc) is 2.26. The van der Waals surface area contributed by atoms with Crippen LogP contribution in [0.3, 0.4) is 0 Å². The Kier molecular flexibility index (Phi) is 5.41. The summed E-state index contributed by atoms with van der Waals surface area (Å²) in [6.07, 6.45) is 2.90. The van der Waals surface area contributed by atoms with Crippen molar-refractivity contribution in [1.82, 2.24) is 10.2 Å². The summed E-state index contributed by atoms with van der Waals surface area (Å²) in [4.78, 5) is 11.5. The fraction of sp³-hybridized carbons (Fsp3) is 0.700. The molecule has 0 aromatic heterocycles. The first-order chi connectivity index (χ1) is 8.13. The van der Waals surface area contributed by atoms with Crippen LogP contribution in [0.25, 0.3) is 0 Å². The summed E-state index contributed by atoms with van der Waals surface area (Å²) in [7, 11) is 0. The van der Waals surface area contributed by atoms with Gasteiger partial charge in [0.2, 0.25) is 0 Å². The number of ether oxygens (including phenoxy) is 2. The molecule has 1 heterocycles. The molecular weight excluding hydrogens is 224 g/mol. The van der Waals surface area contributed by atoms with Gasteiger partial charge in [-0.2, -0.15) is 20.4 Å². The van der Waals surface area contributed by atoms with Crippen molar-refractivity contribution in [3.8, 4) is 0 Å². The summed E-state index contributed by atoms with van der Waals surface area (Å²) in [6.45, 7) is 6.31. The van der Waals surface area contributed by atoms with Crippen molar-refractivity contribution in [2.24, 2.45) is 10.2 Å². The second kappa shape index (κ2) is 6.85. The molecule has 0 aliphatic carbocycles. The van der Waals surface area contributed by atoms with Crippen molar-refractivity contribution in [3.63, 3.8) is 0 Å². The number of hydrogen-bond donors (Lipinski definition) is 0. The zero-order valence-corrected chi connectivity index (χ0v) is 10.4. The Labute approximate surface area is 101 Å². The van der Waals surface area contributed by atoms with Crippen LogP contribution in [0.15, 0.2) is 10.2 Å². The van der Waals surface area contributed by atoms with Gasteiger partial charge in [-0.1, -0.05) is 0 Å². The minimum absolute atomic E-state index is 0.0130. The number of nitrogens with zero attached hydrogens (tertiary/aromatic N) is 4. The van der Waals surface area contributed by atoms with Crippen LogP contribution in [0.1, 0.15) is 20.8 Å². The number of esters is 1. The van der Waals surface area contributed by atoms with Gasteiger partial charge < -0.3 is 9.47 Å². The fourth-order valence-electron chi connectivity index (χ4n) is 1.14. The van der Waals surface area contributed by atoms with Gasteiger partial charge in [-0.15, -0.1) is 0 Å². The summed E-state index contributed by atoms with van der Waals surface area (Å²) < 4.78 is 10.2. The van der Waals surface area contributed by atoms with E-state index >= 15 is 0 Å². The normalized spacial score (nSPS) is 14.6. The van der Waals surface area contributed by atoms with Gasteiger partial charge in [0.25, 0.3) is 0 Å². The quantitative estimate of drug-likeness (QED) is 0.632. The Balaban J connectivity index is 2.46. The third-order valence-electron chi connectivity index (χ3n) is 1.78. The lowest BCUT2D eigenvalue weighted by atomic mass is 10.5. The second-order valence-corrected chi connectivity index (χ2v) is 3.59. The lowest BCUT2D eigenvalue weighted by Gasteiger charge is -2.30. The Bertz CT molecular complexity index is 304. The highest BCUT2D eigenvalue weighted by Crippen LogP contribution is 2.04. The first-order valence-corrected chi connectivity index (χ1v) is 5.52. The minimum Gasteiger partial charge on any atom is -0.462 e. The predicted molar refractivity (Wildman–Crippen MR) is 63.3 cm³/mol. The molecule has 0 saturated carbocycles. The SMILES string of the molecule is CCOCN1N=CC=NN1CC(=O)OC(C)C. The van der Waals surface area contributed by atoms with Crippen LogP contribution in [-0.2, 0) is 14.3 Å². The van der Waals surface area contributed by atoms with E-state index in [1.165, 1.54) is 22.7 Å². The molecule has 7 nitrogen and oxygen atoms in total. The second-order valence-electron chi connectivity index (χ2n) is 3.59. The smallest absolute Gasteiger partial charge is 0.329 e. The van der Waals surface area contributed by atoms with Crippen LogP contribution in [0.5, 0.6) is 0 Å². The van der Waals surface area contributed by atoms with Crippen molar-refractivity contribution in [2.75, 3.05) is 19.9 Å². The number of carbonyl (C=O) groups is 1. The van der Waals surface area contributed by atoms with Gasteiger partial charge in [0.15, 0.2) is 13.3 Å². The molecular formula is C10H18N4O3. The van der Waals surface area contributed by atoms with E-state index in [0.29, 0.717) is 6.61 Å². The molecule has 0 N–H and O–H groups in total. The third kappa shape index (κ3) is 4.81. The summed E-state index contributed by atoms with van der Waals surface area (Å²) >= 11 is 0. The molecule has 0 spiro atoms. The number of hydrazone groups is 2. The number of hydrogen-bond acceptors (Lipinski definition) is 7. The molecule has 0 aromatic carbocycles. The third-order valence-corrected chi connectivity index (χ3v) is 1.78. The van der Waals surface area contributed by atoms with Crippen LogP contribution in [0.4, 0.5) is 0 Å². The van der Waals surface area contributed by atoms with Crippen molar-refractivity contribution >= 4 is 18.4 Å². The number of carbonyl (C=O) groups excluding carboxylic acids is 1. The number of rotatable bonds is 6. The van der Waals surface area contributed by atoms with Gasteiger partial charge >= 0.3 is 5.97 Å². The van der Waals surface area contributed by atoms with E-state index in [-0.39, 0.29) is 25.3 Å². The maximum absolute atomic E-state index is 11.5. The molecule has 0 bridgehead atoms. The van der Waals surface area contributed by atoms with Crippen LogP contribution in [-0.4, -0.2) is 54.6 Å². The van der Waals surface area contributed by atoms with E-state index in [2.05, 4.69) is 10.2 Å². The van der Waals surface area contributed by atoms with Gasteiger partial charge in [0, 0.05) is 6.61 Å². The van der Waals surface area contributed by atoms with E-state index < -0.39 is 0 Å². The molecule has 0 unspecified atom stereocenters. The predicted octanol–water partition coefficient (Wildman–Crippen LogP) is 0.436. The molecule has 1 aliphatic heterocycles. The number of hydrazine groups is 1. The topological polar surface area (TPSA) is 66.7 Å². The van der Waals surface area contributed by atoms with Crippen LogP contribution < -0.4 is 0 Å². The van der Waals surface area contributed by atoms with E-state index in [0.717, 1.165) is 0 Å². The van der Waals surface area contributed by atoms with Crippen molar-refractivity contribution in [1.29, 1.82) is 0 Å². The van der Waals surface area contributed by atoms with Gasteiger partial charge in [-0.05, 0) is 20.8 Å². The molecule has 1 aliphatic rings. The van der Waals surface area contributed by atoms with Crippen LogP contribution in [0.2, 0.25) is 0 Å². The molecule has 0 aromatic rings. The Morgan fingerprint density at radius 1 is 1.29 bits per heavy atom. The summed E-state index contributed by atoms with van der Waals surface area (Å²) in [5, 5.41) is 10.9. The Hall–Kier alpha value is -1.63. The molecule has 96 valence electrons. The standard InChI is InChI=1S/C10H18N4O3/c1-4-16-8-14-12-6-5-11-13(14)7-10(15)17-9(2)3/h5-6,9H,4,7-8H2,1-3H3. The molecule has 0 saturated heterocycles. The van der Waals surface area contributed by atoms with Gasteiger partial charge in [0.1, 0.15) is 0 Å². The molecule has 0 fully saturated rings. The highest BCUT2D eigenvalue weighted by molar-refractivity contribution is 6.16. The minimum atomic E-state index is -0.351. The van der Waals surface area contributed by atoms with Crippen LogP contribution in [0, 0.1) is 0 Å². The monoisotopic (exact) mass is 242 g/mol. The van der Waals surface area contributed by atoms with Gasteiger partial charge in [-0.25, -0.2) is 4.79 Å². The molecule has 0 atom stereocenters. The van der Waals surface area contributed by atoms with Crippen molar-refractivity contribution < 1.29 is 14.3 Å².